The molecule has 0 fully saturated rings. The van der Waals surface area contributed by atoms with Crippen molar-refractivity contribution in [3.63, 3.8) is 0 Å². The lowest BCUT2D eigenvalue weighted by Gasteiger charge is -2.17. The Hall–Kier alpha value is -5.19. The predicted molar refractivity (Wildman–Crippen MR) is 139 cm³/mol. The number of alkyl carbamates (subject to hydrolysis) is 1. The van der Waals surface area contributed by atoms with Crippen molar-refractivity contribution in [1.29, 1.82) is 0 Å². The summed E-state index contributed by atoms with van der Waals surface area (Å²) < 4.78 is 29.9. The molecule has 10 nitrogen and oxygen atoms in total. The van der Waals surface area contributed by atoms with Gasteiger partial charge < -0.3 is 24.3 Å². The first kappa shape index (κ1) is 26.4. The highest BCUT2D eigenvalue weighted by molar-refractivity contribution is 5.81. The lowest BCUT2D eigenvalue weighted by molar-refractivity contribution is -0.386. The molecule has 3 aromatic carbocycles. The Kier molecular flexibility index (Phi) is 7.45. The van der Waals surface area contributed by atoms with Crippen LogP contribution in [0.1, 0.15) is 28.6 Å². The third kappa shape index (κ3) is 5.63. The number of furan rings is 1. The summed E-state index contributed by atoms with van der Waals surface area (Å²) in [7, 11) is 0. The summed E-state index contributed by atoms with van der Waals surface area (Å²) in [5.41, 5.74) is 3.78. The van der Waals surface area contributed by atoms with Crippen LogP contribution in [-0.4, -0.2) is 34.7 Å². The minimum absolute atomic E-state index is 0.0284. The van der Waals surface area contributed by atoms with Crippen LogP contribution in [0.4, 0.5) is 14.9 Å². The largest absolute Gasteiger partial charge is 0.480 e. The summed E-state index contributed by atoms with van der Waals surface area (Å²) in [6, 6.07) is 20.2. The van der Waals surface area contributed by atoms with Crippen LogP contribution in [-0.2, 0) is 22.6 Å². The third-order valence-corrected chi connectivity index (χ3v) is 6.54. The quantitative estimate of drug-likeness (QED) is 0.198. The number of fused-ring (bicyclic) bond motifs is 3. The number of nitro groups is 1. The number of hydrogen-bond donors (Lipinski definition) is 2. The van der Waals surface area contributed by atoms with Crippen molar-refractivity contribution >= 4 is 17.7 Å². The number of carboxylic acids is 1. The summed E-state index contributed by atoms with van der Waals surface area (Å²) in [4.78, 5) is 34.8. The van der Waals surface area contributed by atoms with Crippen molar-refractivity contribution in [2.75, 3.05) is 6.61 Å². The number of benzene rings is 3. The first-order valence-corrected chi connectivity index (χ1v) is 12.3. The molecule has 0 aliphatic heterocycles. The molecule has 0 saturated heterocycles. The number of nitrogens with zero attached hydrogens (tertiary/aromatic N) is 1. The Morgan fingerprint density at radius 1 is 1.00 bits per heavy atom. The standard InChI is InChI=1S/C29H23FN2O8/c30-17-9-12-26(32(36)37)27(13-17)38-15-19-11-10-18(40-19)14-25(28(33)34)31-29(35)39-16-24-22-7-3-1-5-20(22)21-6-2-4-8-23(21)24/h1-13,24-25H,14-16H2,(H,31,35)(H,33,34). The average molecular weight is 547 g/mol. The van der Waals surface area contributed by atoms with Gasteiger partial charge in [0, 0.05) is 24.5 Å². The molecule has 1 aliphatic carbocycles. The van der Waals surface area contributed by atoms with Crippen molar-refractivity contribution in [2.45, 2.75) is 25.0 Å². The Bertz CT molecular complexity index is 1540. The second kappa shape index (κ2) is 11.3. The molecular formula is C29H23FN2O8. The maximum atomic E-state index is 13.5. The van der Waals surface area contributed by atoms with E-state index in [1.54, 1.807) is 0 Å². The monoisotopic (exact) mass is 546 g/mol. The highest BCUT2D eigenvalue weighted by Gasteiger charge is 2.30. The summed E-state index contributed by atoms with van der Waals surface area (Å²) >= 11 is 0. The number of nitrogens with one attached hydrogen (secondary N) is 1. The molecule has 1 heterocycles. The highest BCUT2D eigenvalue weighted by atomic mass is 19.1. The molecule has 0 spiro atoms. The van der Waals surface area contributed by atoms with Crippen molar-refractivity contribution in [3.05, 3.63) is 117 Å². The number of amides is 1. The molecule has 11 heteroatoms. The van der Waals surface area contributed by atoms with Crippen LogP contribution in [0, 0.1) is 15.9 Å². The molecule has 0 bridgehead atoms. The maximum absolute atomic E-state index is 13.5. The smallest absolute Gasteiger partial charge is 0.407 e. The van der Waals surface area contributed by atoms with Crippen LogP contribution in [0.2, 0.25) is 0 Å². The number of carbonyl (C=O) groups excluding carboxylic acids is 1. The molecule has 4 aromatic rings. The minimum Gasteiger partial charge on any atom is -0.480 e. The molecule has 0 saturated carbocycles. The van der Waals surface area contributed by atoms with Gasteiger partial charge in [-0.25, -0.2) is 14.0 Å². The number of aliphatic carboxylic acids is 1. The van der Waals surface area contributed by atoms with Gasteiger partial charge in [-0.1, -0.05) is 48.5 Å². The Morgan fingerprint density at radius 3 is 2.30 bits per heavy atom. The third-order valence-electron chi connectivity index (χ3n) is 6.54. The van der Waals surface area contributed by atoms with Gasteiger partial charge >= 0.3 is 17.7 Å². The van der Waals surface area contributed by atoms with Gasteiger partial charge in [-0.2, -0.15) is 0 Å². The lowest BCUT2D eigenvalue weighted by atomic mass is 9.98. The molecule has 1 aliphatic rings. The number of halogens is 1. The predicted octanol–water partition coefficient (Wildman–Crippen LogP) is 5.44. The van der Waals surface area contributed by atoms with E-state index in [2.05, 4.69) is 5.32 Å². The van der Waals surface area contributed by atoms with Gasteiger partial charge in [0.25, 0.3) is 0 Å². The summed E-state index contributed by atoms with van der Waals surface area (Å²) in [5.74, 6) is -2.01. The van der Waals surface area contributed by atoms with E-state index in [4.69, 9.17) is 13.9 Å². The van der Waals surface area contributed by atoms with Crippen LogP contribution in [0.3, 0.4) is 0 Å². The number of ether oxygens (including phenoxy) is 2. The van der Waals surface area contributed by atoms with E-state index in [9.17, 15) is 29.2 Å². The normalized spacial score (nSPS) is 12.7. The van der Waals surface area contributed by atoms with Crippen LogP contribution in [0.15, 0.2) is 83.3 Å². The summed E-state index contributed by atoms with van der Waals surface area (Å²) in [6.07, 6.45) is -1.08. The SMILES string of the molecule is O=C(NC(Cc1ccc(COc2cc(F)ccc2[N+](=O)[O-])o1)C(=O)O)OCC1c2ccccc2-c2ccccc21. The average Bonchev–Trinajstić information content (AvgIpc) is 3.52. The van der Waals surface area contributed by atoms with E-state index in [0.29, 0.717) is 0 Å². The number of nitro benzene ring substituents is 1. The highest BCUT2D eigenvalue weighted by Crippen LogP contribution is 2.44. The van der Waals surface area contributed by atoms with E-state index in [-0.39, 0.29) is 42.8 Å². The van der Waals surface area contributed by atoms with Gasteiger partial charge in [-0.05, 0) is 40.5 Å². The Labute approximate surface area is 227 Å². The summed E-state index contributed by atoms with van der Waals surface area (Å²) in [5, 5.41) is 23.1. The Morgan fingerprint density at radius 2 is 1.65 bits per heavy atom. The molecule has 40 heavy (non-hydrogen) atoms. The van der Waals surface area contributed by atoms with Crippen molar-refractivity contribution in [2.24, 2.45) is 0 Å². The second-order valence-electron chi connectivity index (χ2n) is 9.09. The van der Waals surface area contributed by atoms with Crippen molar-refractivity contribution in [3.8, 4) is 16.9 Å². The zero-order chi connectivity index (χ0) is 28.2. The van der Waals surface area contributed by atoms with Crippen molar-refractivity contribution in [1.82, 2.24) is 5.32 Å². The van der Waals surface area contributed by atoms with Gasteiger partial charge in [-0.3, -0.25) is 10.1 Å². The molecule has 2 N–H and O–H groups in total. The van der Waals surface area contributed by atoms with Crippen LogP contribution >= 0.6 is 0 Å². The lowest BCUT2D eigenvalue weighted by Crippen LogP contribution is -2.42. The Balaban J connectivity index is 1.19. The van der Waals surface area contributed by atoms with E-state index >= 15 is 0 Å². The van der Waals surface area contributed by atoms with Crippen LogP contribution in [0.25, 0.3) is 11.1 Å². The number of carbonyl (C=O) groups is 2. The number of hydrogen-bond acceptors (Lipinski definition) is 7. The second-order valence-corrected chi connectivity index (χ2v) is 9.09. The fraction of sp³-hybridized carbons (Fsp3) is 0.172. The molecule has 1 unspecified atom stereocenters. The first-order valence-electron chi connectivity index (χ1n) is 12.3. The van der Waals surface area contributed by atoms with Crippen molar-refractivity contribution < 1.29 is 37.9 Å². The van der Waals surface area contributed by atoms with Crippen LogP contribution < -0.4 is 10.1 Å². The van der Waals surface area contributed by atoms with Gasteiger partial charge in [0.1, 0.15) is 36.6 Å². The zero-order valence-electron chi connectivity index (χ0n) is 20.9. The van der Waals surface area contributed by atoms with Gasteiger partial charge in [0.2, 0.25) is 0 Å². The van der Waals surface area contributed by atoms with E-state index in [1.807, 2.05) is 48.5 Å². The molecule has 5 rings (SSSR count). The zero-order valence-corrected chi connectivity index (χ0v) is 20.9. The maximum Gasteiger partial charge on any atom is 0.407 e. The molecule has 204 valence electrons. The fourth-order valence-electron chi connectivity index (χ4n) is 4.70. The van der Waals surface area contributed by atoms with E-state index in [1.165, 1.54) is 12.1 Å². The van der Waals surface area contributed by atoms with E-state index < -0.39 is 34.5 Å². The number of rotatable bonds is 10. The first-order chi connectivity index (χ1) is 19.3. The molecule has 1 atom stereocenters. The van der Waals surface area contributed by atoms with E-state index in [0.717, 1.165) is 40.5 Å². The molecule has 0 radical (unpaired) electrons. The number of carboxylic acid groups (broad SMARTS) is 1. The van der Waals surface area contributed by atoms with Crippen LogP contribution in [0.5, 0.6) is 5.75 Å². The summed E-state index contributed by atoms with van der Waals surface area (Å²) in [6.45, 7) is -0.234. The van der Waals surface area contributed by atoms with Gasteiger partial charge in [-0.15, -0.1) is 0 Å². The fourth-order valence-corrected chi connectivity index (χ4v) is 4.70. The van der Waals surface area contributed by atoms with Gasteiger partial charge in [0.05, 0.1) is 4.92 Å². The minimum atomic E-state index is -1.35. The van der Waals surface area contributed by atoms with Gasteiger partial charge in [0.15, 0.2) is 5.75 Å². The molecule has 1 aromatic heterocycles. The topological polar surface area (TPSA) is 141 Å². The molecule has 1 amide bonds. The molecular weight excluding hydrogens is 523 g/mol.